The molecular weight excluding hydrogens is 353 g/mol. The maximum absolute atomic E-state index is 12.1. The molecule has 23 heavy (non-hydrogen) atoms. The molecule has 0 aliphatic carbocycles. The average Bonchev–Trinajstić information content (AvgIpc) is 2.33. The van der Waals surface area contributed by atoms with Gasteiger partial charge in [-0.25, -0.2) is 4.79 Å². The first-order valence-corrected chi connectivity index (χ1v) is 23.8. The minimum Gasteiger partial charge on any atom is -0.459 e. The van der Waals surface area contributed by atoms with Gasteiger partial charge < -0.3 is 9.53 Å². The predicted molar refractivity (Wildman–Crippen MR) is 112 cm³/mol. The van der Waals surface area contributed by atoms with Crippen molar-refractivity contribution in [2.45, 2.75) is 84.8 Å². The Morgan fingerprint density at radius 2 is 1.43 bits per heavy atom. The van der Waals surface area contributed by atoms with E-state index in [1.54, 1.807) is 6.92 Å². The van der Waals surface area contributed by atoms with Crippen LogP contribution >= 0.6 is 0 Å². The van der Waals surface area contributed by atoms with Crippen molar-refractivity contribution in [3.8, 4) is 0 Å². The lowest BCUT2D eigenvalue weighted by Crippen LogP contribution is -2.84. The van der Waals surface area contributed by atoms with Crippen molar-refractivity contribution >= 4 is 35.6 Å². The number of carbonyl (C=O) groups is 1. The van der Waals surface area contributed by atoms with Gasteiger partial charge >= 0.3 is 5.97 Å². The summed E-state index contributed by atoms with van der Waals surface area (Å²) in [5, 5.41) is 0. The van der Waals surface area contributed by atoms with E-state index in [1.807, 2.05) is 0 Å². The second-order valence-corrected chi connectivity index (χ2v) is 48.2. The van der Waals surface area contributed by atoms with Gasteiger partial charge in [-0.2, -0.15) is 0 Å². The van der Waals surface area contributed by atoms with Gasteiger partial charge in [-0.05, 0) is 19.4 Å². The lowest BCUT2D eigenvalue weighted by molar-refractivity contribution is -0.143. The molecule has 3 nitrogen and oxygen atoms in total. The number of hydrogen-bond donors (Lipinski definition) is 1. The third kappa shape index (κ3) is 5.01. The van der Waals surface area contributed by atoms with Crippen LogP contribution in [0.1, 0.15) is 20.3 Å². The Balaban J connectivity index is 5.65. The Morgan fingerprint density at radius 3 is 1.70 bits per heavy atom. The summed E-state index contributed by atoms with van der Waals surface area (Å²) in [6.45, 7) is 23.8. The minimum atomic E-state index is -2.33. The van der Waals surface area contributed by atoms with Crippen LogP contribution in [0.25, 0.3) is 0 Å². The normalized spacial score (nSPS) is 15.3. The number of rotatable bonds is 8. The highest BCUT2D eigenvalue weighted by Crippen LogP contribution is 2.38. The van der Waals surface area contributed by atoms with Crippen molar-refractivity contribution in [1.82, 2.24) is 0 Å². The van der Waals surface area contributed by atoms with Gasteiger partial charge in [-0.15, -0.1) is 0 Å². The molecule has 0 saturated carbocycles. The van der Waals surface area contributed by atoms with Crippen LogP contribution in [0.4, 0.5) is 0 Å². The molecule has 0 spiro atoms. The molecule has 0 bridgehead atoms. The highest BCUT2D eigenvalue weighted by Gasteiger charge is 2.63. The predicted octanol–water partition coefficient (Wildman–Crippen LogP) is 4.44. The molecule has 1 N–H and O–H groups in total. The Kier molecular flexibility index (Phi) is 7.52. The SMILES string of the molecule is C=C(C)C(=O)OC(CC)C[Si](C)(C)[Si](O)([Si](C)(C)C)[Si](C)(C)C. The van der Waals surface area contributed by atoms with Crippen molar-refractivity contribution < 1.29 is 14.3 Å². The molecule has 1 unspecified atom stereocenters. The van der Waals surface area contributed by atoms with Gasteiger partial charge in [0.1, 0.15) is 0 Å². The van der Waals surface area contributed by atoms with Crippen LogP contribution in [0, 0.1) is 0 Å². The van der Waals surface area contributed by atoms with Crippen LogP contribution in [-0.4, -0.2) is 46.5 Å². The topological polar surface area (TPSA) is 46.5 Å². The number of esters is 1. The van der Waals surface area contributed by atoms with Crippen molar-refractivity contribution in [1.29, 1.82) is 0 Å². The molecule has 1 atom stereocenters. The molecule has 0 saturated heterocycles. The van der Waals surface area contributed by atoms with E-state index in [-0.39, 0.29) is 12.1 Å². The fraction of sp³-hybridized carbons (Fsp3) is 0.812. The van der Waals surface area contributed by atoms with Crippen molar-refractivity contribution in [2.75, 3.05) is 0 Å². The van der Waals surface area contributed by atoms with Gasteiger partial charge in [0.05, 0.1) is 28.9 Å². The molecule has 0 aromatic carbocycles. The summed E-state index contributed by atoms with van der Waals surface area (Å²) in [6.07, 6.45) is 0.713. The van der Waals surface area contributed by atoms with Gasteiger partial charge in [0.15, 0.2) is 6.87 Å². The third-order valence-electron chi connectivity index (χ3n) is 4.97. The molecule has 0 aliphatic heterocycles. The number of ether oxygens (including phenoxy) is 1. The smallest absolute Gasteiger partial charge is 0.333 e. The van der Waals surface area contributed by atoms with Gasteiger partial charge in [0.25, 0.3) is 0 Å². The molecule has 0 rings (SSSR count). The van der Waals surface area contributed by atoms with E-state index in [1.165, 1.54) is 0 Å². The van der Waals surface area contributed by atoms with Crippen LogP contribution in [0.15, 0.2) is 12.2 Å². The molecule has 0 heterocycles. The second-order valence-electron chi connectivity index (χ2n) is 9.51. The molecule has 0 amide bonds. The highest BCUT2D eigenvalue weighted by atomic mass is 29.9. The Hall–Kier alpha value is 0.0375. The zero-order valence-corrected chi connectivity index (χ0v) is 21.0. The summed E-state index contributed by atoms with van der Waals surface area (Å²) < 4.78 is 5.66. The van der Waals surface area contributed by atoms with E-state index in [0.717, 1.165) is 12.5 Å². The summed E-state index contributed by atoms with van der Waals surface area (Å²) in [5.74, 6) is -0.298. The van der Waals surface area contributed by atoms with Gasteiger partial charge in [-0.3, -0.25) is 0 Å². The van der Waals surface area contributed by atoms with Crippen molar-refractivity contribution in [3.63, 3.8) is 0 Å². The molecule has 7 heteroatoms. The molecule has 136 valence electrons. The quantitative estimate of drug-likeness (QED) is 0.378. The van der Waals surface area contributed by atoms with Gasteiger partial charge in [0, 0.05) is 5.57 Å². The zero-order chi connectivity index (χ0) is 18.9. The van der Waals surface area contributed by atoms with Crippen LogP contribution < -0.4 is 0 Å². The lowest BCUT2D eigenvalue weighted by Gasteiger charge is -2.54. The van der Waals surface area contributed by atoms with Gasteiger partial charge in [0.2, 0.25) is 0 Å². The maximum Gasteiger partial charge on any atom is 0.333 e. The Labute approximate surface area is 147 Å². The monoisotopic (exact) mass is 390 g/mol. The van der Waals surface area contributed by atoms with Crippen LogP contribution in [0.5, 0.6) is 0 Å². The average molecular weight is 391 g/mol. The van der Waals surface area contributed by atoms with E-state index in [0.29, 0.717) is 5.57 Å². The van der Waals surface area contributed by atoms with Crippen molar-refractivity contribution in [2.24, 2.45) is 0 Å². The summed E-state index contributed by atoms with van der Waals surface area (Å²) in [4.78, 5) is 24.0. The number of hydrogen-bond acceptors (Lipinski definition) is 3. The number of carbonyl (C=O) groups excluding carboxylic acids is 1. The standard InChI is InChI=1S/C16H38O3Si4/c1-12-15(19-16(17)14(2)3)13-22(10,11)23(18,20(4,5)6)21(7,8)9/h15,18H,2,12-13H2,1,3-11H3. The van der Waals surface area contributed by atoms with E-state index >= 15 is 0 Å². The van der Waals surface area contributed by atoms with Crippen LogP contribution in [-0.2, 0) is 9.53 Å². The van der Waals surface area contributed by atoms with Crippen LogP contribution in [0.2, 0.25) is 58.4 Å². The molecule has 0 fully saturated rings. The summed E-state index contributed by atoms with van der Waals surface area (Å²) in [5.41, 5.74) is 0.450. The van der Waals surface area contributed by atoms with E-state index < -0.39 is 29.6 Å². The summed E-state index contributed by atoms with van der Waals surface area (Å²) >= 11 is 0. The Morgan fingerprint density at radius 1 is 1.04 bits per heavy atom. The first-order chi connectivity index (χ1) is 10.0. The molecule has 0 radical (unpaired) electrons. The van der Waals surface area contributed by atoms with Crippen molar-refractivity contribution in [3.05, 3.63) is 12.2 Å². The highest BCUT2D eigenvalue weighted by molar-refractivity contribution is 7.87. The second kappa shape index (κ2) is 7.51. The Bertz CT molecular complexity index is 433. The third-order valence-corrected chi connectivity index (χ3v) is 71.4. The first kappa shape index (κ1) is 23.0. The van der Waals surface area contributed by atoms with Crippen LogP contribution in [0.3, 0.4) is 0 Å². The first-order valence-electron chi connectivity index (χ1n) is 8.60. The van der Waals surface area contributed by atoms with E-state index in [9.17, 15) is 9.59 Å². The van der Waals surface area contributed by atoms with Gasteiger partial charge in [-0.1, -0.05) is 65.9 Å². The van der Waals surface area contributed by atoms with E-state index in [4.69, 9.17) is 4.74 Å². The summed E-state index contributed by atoms with van der Waals surface area (Å²) in [6, 6.07) is 0.875. The fourth-order valence-corrected chi connectivity index (χ4v) is 91.6. The molecule has 0 aliphatic rings. The zero-order valence-electron chi connectivity index (χ0n) is 17.0. The minimum absolute atomic E-state index is 0.0902. The summed E-state index contributed by atoms with van der Waals surface area (Å²) in [7, 11) is -5.23. The maximum atomic E-state index is 12.1. The van der Waals surface area contributed by atoms with E-state index in [2.05, 4.69) is 65.9 Å². The lowest BCUT2D eigenvalue weighted by atomic mass is 10.3. The largest absolute Gasteiger partial charge is 0.459 e. The molecular formula is C16H38O3Si4. The molecule has 0 aromatic heterocycles. The molecule has 0 aromatic rings. The fourth-order valence-electron chi connectivity index (χ4n) is 4.39.